The third-order valence-corrected chi connectivity index (χ3v) is 6.79. The van der Waals surface area contributed by atoms with Gasteiger partial charge in [0.1, 0.15) is 5.70 Å². The molecule has 188 valence electrons. The van der Waals surface area contributed by atoms with E-state index in [0.29, 0.717) is 23.9 Å². The van der Waals surface area contributed by atoms with Gasteiger partial charge in [-0.3, -0.25) is 9.59 Å². The molecule has 2 aromatic heterocycles. The van der Waals surface area contributed by atoms with E-state index in [1.165, 1.54) is 11.3 Å². The van der Waals surface area contributed by atoms with Crippen LogP contribution in [0.4, 0.5) is 5.69 Å². The van der Waals surface area contributed by atoms with Crippen LogP contribution in [0.3, 0.4) is 0 Å². The Morgan fingerprint density at radius 1 is 0.895 bits per heavy atom. The number of carbonyl (C=O) groups excluding carboxylic acids is 2. The Hall–Kier alpha value is -4.82. The number of aryl methyl sites for hydroxylation is 2. The van der Waals surface area contributed by atoms with Gasteiger partial charge in [-0.25, -0.2) is 0 Å². The number of rotatable bonds is 8. The molecule has 3 aromatic carbocycles. The minimum Gasteiger partial charge on any atom is -0.493 e. The Bertz CT molecular complexity index is 1620. The topological polar surface area (TPSA) is 96.0 Å². The Morgan fingerprint density at radius 3 is 2.34 bits per heavy atom. The zero-order chi connectivity index (χ0) is 26.3. The fraction of sp³-hybridized carbons (Fsp3) is 0.0667. The maximum atomic E-state index is 13.1. The van der Waals surface area contributed by atoms with Crippen molar-refractivity contribution < 1.29 is 14.7 Å². The highest BCUT2D eigenvalue weighted by molar-refractivity contribution is 7.10. The molecule has 38 heavy (non-hydrogen) atoms. The normalized spacial score (nSPS) is 11.7. The summed E-state index contributed by atoms with van der Waals surface area (Å²) in [7, 11) is 0. The predicted octanol–water partition coefficient (Wildman–Crippen LogP) is 6.73. The maximum absolute atomic E-state index is 13.1. The molecule has 0 atom stereocenters. The first-order valence-electron chi connectivity index (χ1n) is 12.0. The van der Waals surface area contributed by atoms with E-state index in [2.05, 4.69) is 15.5 Å². The van der Waals surface area contributed by atoms with Gasteiger partial charge in [0.25, 0.3) is 5.91 Å². The van der Waals surface area contributed by atoms with E-state index in [1.807, 2.05) is 72.1 Å². The summed E-state index contributed by atoms with van der Waals surface area (Å²) in [6, 6.07) is 29.7. The van der Waals surface area contributed by atoms with Crippen molar-refractivity contribution in [1.29, 1.82) is 0 Å². The summed E-state index contributed by atoms with van der Waals surface area (Å²) in [6.07, 6.45) is 2.28. The van der Waals surface area contributed by atoms with Crippen LogP contribution in [0.25, 0.3) is 17.0 Å². The zero-order valence-electron chi connectivity index (χ0n) is 20.3. The van der Waals surface area contributed by atoms with Crippen molar-refractivity contribution in [3.63, 3.8) is 0 Å². The van der Waals surface area contributed by atoms with E-state index in [9.17, 15) is 14.7 Å². The molecule has 2 amide bonds. The number of carbonyl (C=O) groups is 2. The van der Waals surface area contributed by atoms with Crippen molar-refractivity contribution in [3.05, 3.63) is 124 Å². The molecule has 8 heteroatoms. The lowest BCUT2D eigenvalue weighted by Gasteiger charge is -2.07. The maximum Gasteiger partial charge on any atom is 0.311 e. The molecule has 5 aromatic rings. The summed E-state index contributed by atoms with van der Waals surface area (Å²) in [4.78, 5) is 26.7. The largest absolute Gasteiger partial charge is 0.493 e. The van der Waals surface area contributed by atoms with Crippen LogP contribution in [0.1, 0.15) is 20.8 Å². The van der Waals surface area contributed by atoms with E-state index in [0.717, 1.165) is 16.0 Å². The summed E-state index contributed by atoms with van der Waals surface area (Å²) in [5, 5.41) is 24.3. The van der Waals surface area contributed by atoms with Crippen LogP contribution < -0.4 is 5.32 Å². The zero-order valence-corrected chi connectivity index (χ0v) is 21.1. The molecule has 0 unspecified atom stereocenters. The predicted molar refractivity (Wildman–Crippen MR) is 149 cm³/mol. The lowest BCUT2D eigenvalue weighted by Crippen LogP contribution is -2.26. The third kappa shape index (κ3) is 5.61. The SMILES string of the molecule is O=C(N=Nc1c(O)n(CCc2ccccc2)c2ccccc12)C(=Cc1cccs1)NC(=O)c1ccccc1. The number of azo groups is 1. The molecule has 0 spiro atoms. The van der Waals surface area contributed by atoms with Gasteiger partial charge in [-0.1, -0.05) is 72.8 Å². The Labute approximate surface area is 223 Å². The summed E-state index contributed by atoms with van der Waals surface area (Å²) in [5.41, 5.74) is 2.52. The van der Waals surface area contributed by atoms with Crippen LogP contribution in [0.2, 0.25) is 0 Å². The minimum atomic E-state index is -0.733. The number of thiophene rings is 1. The lowest BCUT2D eigenvalue weighted by molar-refractivity contribution is -0.115. The van der Waals surface area contributed by atoms with Gasteiger partial charge in [-0.15, -0.1) is 21.6 Å². The number of nitrogens with one attached hydrogen (secondary N) is 1. The quantitative estimate of drug-likeness (QED) is 0.175. The first-order chi connectivity index (χ1) is 18.6. The van der Waals surface area contributed by atoms with Crippen LogP contribution in [-0.4, -0.2) is 21.5 Å². The summed E-state index contributed by atoms with van der Waals surface area (Å²) >= 11 is 1.42. The Kier molecular flexibility index (Phi) is 7.52. The van der Waals surface area contributed by atoms with Crippen LogP contribution in [0.15, 0.2) is 118 Å². The van der Waals surface area contributed by atoms with Crippen LogP contribution in [0, 0.1) is 0 Å². The molecular weight excluding hydrogens is 496 g/mol. The average molecular weight is 521 g/mol. The summed E-state index contributed by atoms with van der Waals surface area (Å²) in [6.45, 7) is 0.524. The number of aromatic nitrogens is 1. The van der Waals surface area contributed by atoms with Gasteiger partial charge in [0.2, 0.25) is 5.88 Å². The Morgan fingerprint density at radius 2 is 1.61 bits per heavy atom. The van der Waals surface area contributed by atoms with E-state index < -0.39 is 11.8 Å². The number of fused-ring (bicyclic) bond motifs is 1. The molecule has 7 nitrogen and oxygen atoms in total. The number of benzene rings is 3. The lowest BCUT2D eigenvalue weighted by atomic mass is 10.1. The third-order valence-electron chi connectivity index (χ3n) is 5.97. The number of para-hydroxylation sites is 1. The standard InChI is InChI=1S/C30H24N4O3S/c35-28(22-12-5-2-6-13-22)31-25(20-23-14-9-19-38-23)29(36)33-32-27-24-15-7-8-16-26(24)34(30(27)37)18-17-21-10-3-1-4-11-21/h1-16,19-20,37H,17-18H2,(H,31,35). The van der Waals surface area contributed by atoms with E-state index >= 15 is 0 Å². The van der Waals surface area contributed by atoms with Crippen molar-refractivity contribution in [2.24, 2.45) is 10.2 Å². The second kappa shape index (κ2) is 11.5. The van der Waals surface area contributed by atoms with Gasteiger partial charge >= 0.3 is 5.91 Å². The van der Waals surface area contributed by atoms with Gasteiger partial charge in [-0.05, 0) is 47.7 Å². The van der Waals surface area contributed by atoms with Crippen molar-refractivity contribution in [2.75, 3.05) is 0 Å². The molecule has 0 bridgehead atoms. The number of aromatic hydroxyl groups is 1. The minimum absolute atomic E-state index is 0.0163. The average Bonchev–Trinajstić information content (AvgIpc) is 3.56. The molecule has 0 saturated heterocycles. The van der Waals surface area contributed by atoms with Crippen molar-refractivity contribution in [3.8, 4) is 5.88 Å². The molecule has 0 radical (unpaired) electrons. The van der Waals surface area contributed by atoms with Crippen LogP contribution >= 0.6 is 11.3 Å². The number of nitrogens with zero attached hydrogens (tertiary/aromatic N) is 3. The van der Waals surface area contributed by atoms with Crippen molar-refractivity contribution in [1.82, 2.24) is 9.88 Å². The highest BCUT2D eigenvalue weighted by Gasteiger charge is 2.19. The number of hydrogen-bond acceptors (Lipinski definition) is 5. The highest BCUT2D eigenvalue weighted by Crippen LogP contribution is 2.39. The Balaban J connectivity index is 1.43. The summed E-state index contributed by atoms with van der Waals surface area (Å²) < 4.78 is 1.76. The molecule has 0 aliphatic heterocycles. The molecule has 0 aliphatic rings. The van der Waals surface area contributed by atoms with Crippen LogP contribution in [-0.2, 0) is 17.8 Å². The van der Waals surface area contributed by atoms with Crippen LogP contribution in [0.5, 0.6) is 5.88 Å². The summed E-state index contributed by atoms with van der Waals surface area (Å²) in [5.74, 6) is -1.24. The molecule has 2 N–H and O–H groups in total. The second-order valence-electron chi connectivity index (χ2n) is 8.48. The second-order valence-corrected chi connectivity index (χ2v) is 9.45. The number of amides is 2. The van der Waals surface area contributed by atoms with E-state index in [4.69, 9.17) is 0 Å². The molecule has 2 heterocycles. The van der Waals surface area contributed by atoms with Gasteiger partial charge in [-0.2, -0.15) is 0 Å². The monoisotopic (exact) mass is 520 g/mol. The van der Waals surface area contributed by atoms with Crippen molar-refractivity contribution in [2.45, 2.75) is 13.0 Å². The smallest absolute Gasteiger partial charge is 0.311 e. The molecule has 0 aliphatic carbocycles. The van der Waals surface area contributed by atoms with Gasteiger partial charge in [0.05, 0.1) is 5.52 Å². The van der Waals surface area contributed by atoms with E-state index in [1.54, 1.807) is 41.0 Å². The molecule has 5 rings (SSSR count). The van der Waals surface area contributed by atoms with Gasteiger partial charge in [0, 0.05) is 22.4 Å². The fourth-order valence-electron chi connectivity index (χ4n) is 4.08. The molecule has 0 fully saturated rings. The van der Waals surface area contributed by atoms with Gasteiger partial charge < -0.3 is 15.0 Å². The fourth-order valence-corrected chi connectivity index (χ4v) is 4.74. The van der Waals surface area contributed by atoms with Crippen molar-refractivity contribution >= 4 is 45.8 Å². The highest BCUT2D eigenvalue weighted by atomic mass is 32.1. The molecular formula is C30H24N4O3S. The first kappa shape index (κ1) is 24.9. The van der Waals surface area contributed by atoms with E-state index in [-0.39, 0.29) is 17.3 Å². The van der Waals surface area contributed by atoms with Gasteiger partial charge in [0.15, 0.2) is 5.69 Å². The number of hydrogen-bond donors (Lipinski definition) is 2. The molecule has 0 saturated carbocycles. The first-order valence-corrected chi connectivity index (χ1v) is 12.9.